The number of hydrogen-bond donors (Lipinski definition) is 1. The molecule has 0 bridgehead atoms. The van der Waals surface area contributed by atoms with Crippen LogP contribution in [0, 0.1) is 23.0 Å². The number of nitro benzene ring substituents is 1. The number of nitrogens with one attached hydrogen (secondary N) is 1. The average Bonchev–Trinajstić information content (AvgIpc) is 3.28. The molecule has 0 unspecified atom stereocenters. The van der Waals surface area contributed by atoms with Gasteiger partial charge in [-0.05, 0) is 43.2 Å². The van der Waals surface area contributed by atoms with Crippen LogP contribution in [0.2, 0.25) is 0 Å². The van der Waals surface area contributed by atoms with Gasteiger partial charge in [0.15, 0.2) is 5.82 Å². The van der Waals surface area contributed by atoms with Gasteiger partial charge in [0.1, 0.15) is 0 Å². The highest BCUT2D eigenvalue weighted by Crippen LogP contribution is 2.26. The van der Waals surface area contributed by atoms with Gasteiger partial charge in [-0.25, -0.2) is 4.68 Å². The number of carbonyl (C=O) groups is 1. The van der Waals surface area contributed by atoms with E-state index >= 15 is 0 Å². The molecule has 9 nitrogen and oxygen atoms in total. The van der Waals surface area contributed by atoms with E-state index in [0.717, 1.165) is 11.1 Å². The maximum atomic E-state index is 12.7. The number of anilines is 1. The zero-order chi connectivity index (χ0) is 24.9. The smallest absolute Gasteiger partial charge is 0.336 e. The number of carbonyl (C=O) groups excluding carboxylic acids is 1. The normalized spacial score (nSPS) is 10.9. The Balaban J connectivity index is 1.63. The van der Waals surface area contributed by atoms with Gasteiger partial charge >= 0.3 is 6.01 Å². The lowest BCUT2D eigenvalue weighted by Crippen LogP contribution is -2.12. The van der Waals surface area contributed by atoms with E-state index in [-0.39, 0.29) is 17.6 Å². The molecule has 1 amide bonds. The predicted octanol–water partition coefficient (Wildman–Crippen LogP) is 5.44. The van der Waals surface area contributed by atoms with E-state index in [0.29, 0.717) is 35.3 Å². The lowest BCUT2D eigenvalue weighted by Gasteiger charge is -2.10. The lowest BCUT2D eigenvalue weighted by molar-refractivity contribution is -0.384. The van der Waals surface area contributed by atoms with E-state index < -0.39 is 4.92 Å². The Bertz CT molecular complexity index is 1350. The molecule has 0 atom stereocenters. The molecule has 3 aromatic carbocycles. The number of hydrogen-bond acceptors (Lipinski definition) is 6. The van der Waals surface area contributed by atoms with Crippen LogP contribution in [0.5, 0.6) is 6.01 Å². The summed E-state index contributed by atoms with van der Waals surface area (Å²) in [7, 11) is 0. The summed E-state index contributed by atoms with van der Waals surface area (Å²) in [6.45, 7) is 6.61. The van der Waals surface area contributed by atoms with Gasteiger partial charge in [0.25, 0.3) is 11.6 Å². The second kappa shape index (κ2) is 10.2. The molecule has 0 aliphatic heterocycles. The van der Waals surface area contributed by atoms with Crippen molar-refractivity contribution in [1.29, 1.82) is 0 Å². The van der Waals surface area contributed by atoms with E-state index in [2.05, 4.69) is 29.2 Å². The number of rotatable bonds is 8. The summed E-state index contributed by atoms with van der Waals surface area (Å²) in [5, 5.41) is 18.2. The summed E-state index contributed by atoms with van der Waals surface area (Å²) in [5.74, 6) is 0.556. The number of benzene rings is 3. The summed E-state index contributed by atoms with van der Waals surface area (Å²) >= 11 is 0. The van der Waals surface area contributed by atoms with Crippen molar-refractivity contribution in [3.63, 3.8) is 0 Å². The summed E-state index contributed by atoms with van der Waals surface area (Å²) in [5.41, 5.74) is 3.48. The monoisotopic (exact) mass is 471 g/mol. The molecule has 4 rings (SSSR count). The molecule has 1 heterocycles. The molecule has 0 radical (unpaired) electrons. The van der Waals surface area contributed by atoms with Crippen LogP contribution in [0.15, 0.2) is 72.8 Å². The van der Waals surface area contributed by atoms with Crippen molar-refractivity contribution in [3.8, 4) is 23.1 Å². The van der Waals surface area contributed by atoms with Crippen LogP contribution < -0.4 is 10.1 Å². The van der Waals surface area contributed by atoms with Crippen LogP contribution in [-0.4, -0.2) is 32.2 Å². The van der Waals surface area contributed by atoms with Crippen LogP contribution in [-0.2, 0) is 0 Å². The first kappa shape index (κ1) is 23.6. The Morgan fingerprint density at radius 3 is 2.46 bits per heavy atom. The Labute approximate surface area is 202 Å². The maximum Gasteiger partial charge on any atom is 0.336 e. The first-order valence-electron chi connectivity index (χ1n) is 11.1. The molecule has 178 valence electrons. The van der Waals surface area contributed by atoms with Gasteiger partial charge in [-0.15, -0.1) is 5.10 Å². The SMILES string of the molecule is Cc1ccc(-c2nc(OCC(C)C)nn2-c2cccc(NC(=O)c3ccc([N+](=O)[O-])cc3)c2)cc1. The topological polar surface area (TPSA) is 112 Å². The van der Waals surface area contributed by atoms with Gasteiger partial charge in [0.2, 0.25) is 0 Å². The zero-order valence-corrected chi connectivity index (χ0v) is 19.6. The van der Waals surface area contributed by atoms with E-state index in [1.165, 1.54) is 24.3 Å². The van der Waals surface area contributed by atoms with Crippen molar-refractivity contribution in [2.24, 2.45) is 5.92 Å². The quantitative estimate of drug-likeness (QED) is 0.271. The molecular weight excluding hydrogens is 446 g/mol. The number of non-ortho nitro benzene ring substituents is 1. The van der Waals surface area contributed by atoms with Crippen molar-refractivity contribution < 1.29 is 14.5 Å². The Morgan fingerprint density at radius 1 is 1.09 bits per heavy atom. The van der Waals surface area contributed by atoms with Crippen LogP contribution in [0.1, 0.15) is 29.8 Å². The molecule has 0 saturated heterocycles. The second-order valence-electron chi connectivity index (χ2n) is 8.51. The van der Waals surface area contributed by atoms with E-state index in [4.69, 9.17) is 4.74 Å². The van der Waals surface area contributed by atoms with Crippen LogP contribution >= 0.6 is 0 Å². The van der Waals surface area contributed by atoms with Gasteiger partial charge in [-0.2, -0.15) is 4.98 Å². The third-order valence-electron chi connectivity index (χ3n) is 5.13. The highest BCUT2D eigenvalue weighted by atomic mass is 16.6. The molecule has 0 aliphatic rings. The van der Waals surface area contributed by atoms with Crippen molar-refractivity contribution >= 4 is 17.3 Å². The van der Waals surface area contributed by atoms with E-state index in [1.54, 1.807) is 22.9 Å². The molecule has 0 fully saturated rings. The molecule has 0 aliphatic carbocycles. The van der Waals surface area contributed by atoms with Crippen LogP contribution in [0.4, 0.5) is 11.4 Å². The van der Waals surface area contributed by atoms with Crippen molar-refractivity contribution in [3.05, 3.63) is 94.0 Å². The molecule has 0 saturated carbocycles. The number of nitrogens with zero attached hydrogens (tertiary/aromatic N) is 4. The number of aromatic nitrogens is 3. The largest absolute Gasteiger partial charge is 0.462 e. The summed E-state index contributed by atoms with van der Waals surface area (Å²) in [6.07, 6.45) is 0. The van der Waals surface area contributed by atoms with Gasteiger partial charge < -0.3 is 10.1 Å². The number of ether oxygens (including phenoxy) is 1. The standard InChI is InChI=1S/C26H25N5O4/c1-17(2)16-35-26-28-24(19-9-7-18(3)8-10-19)30(29-26)23-6-4-5-21(15-23)27-25(32)20-11-13-22(14-12-20)31(33)34/h4-15,17H,16H2,1-3H3,(H,27,32). The minimum Gasteiger partial charge on any atom is -0.462 e. The average molecular weight is 472 g/mol. The van der Waals surface area contributed by atoms with E-state index in [9.17, 15) is 14.9 Å². The fraction of sp³-hybridized carbons (Fsp3) is 0.192. The van der Waals surface area contributed by atoms with Crippen molar-refractivity contribution in [1.82, 2.24) is 14.8 Å². The highest BCUT2D eigenvalue weighted by molar-refractivity contribution is 6.04. The van der Waals surface area contributed by atoms with Gasteiger partial charge in [0, 0.05) is 28.9 Å². The lowest BCUT2D eigenvalue weighted by atomic mass is 10.1. The predicted molar refractivity (Wildman–Crippen MR) is 133 cm³/mol. The maximum absolute atomic E-state index is 12.7. The fourth-order valence-electron chi connectivity index (χ4n) is 3.32. The zero-order valence-electron chi connectivity index (χ0n) is 19.6. The third kappa shape index (κ3) is 5.70. The van der Waals surface area contributed by atoms with Crippen molar-refractivity contribution in [2.45, 2.75) is 20.8 Å². The highest BCUT2D eigenvalue weighted by Gasteiger charge is 2.16. The molecule has 35 heavy (non-hydrogen) atoms. The Morgan fingerprint density at radius 2 is 1.80 bits per heavy atom. The molecule has 1 aromatic heterocycles. The number of nitro groups is 1. The minimum absolute atomic E-state index is 0.0751. The first-order chi connectivity index (χ1) is 16.8. The Kier molecular flexibility index (Phi) is 6.86. The van der Waals surface area contributed by atoms with Crippen LogP contribution in [0.3, 0.4) is 0 Å². The van der Waals surface area contributed by atoms with Gasteiger partial charge in [-0.3, -0.25) is 14.9 Å². The Hall–Kier alpha value is -4.53. The molecule has 4 aromatic rings. The van der Waals surface area contributed by atoms with E-state index in [1.807, 2.05) is 37.3 Å². The minimum atomic E-state index is -0.506. The number of aryl methyl sites for hydroxylation is 1. The number of amides is 1. The summed E-state index contributed by atoms with van der Waals surface area (Å²) in [6, 6.07) is 20.9. The van der Waals surface area contributed by atoms with Crippen molar-refractivity contribution in [2.75, 3.05) is 11.9 Å². The summed E-state index contributed by atoms with van der Waals surface area (Å²) in [4.78, 5) is 27.6. The third-order valence-corrected chi connectivity index (χ3v) is 5.13. The van der Waals surface area contributed by atoms with Gasteiger partial charge in [0.05, 0.1) is 17.2 Å². The first-order valence-corrected chi connectivity index (χ1v) is 11.1. The molecular formula is C26H25N5O4. The molecule has 0 spiro atoms. The summed E-state index contributed by atoms with van der Waals surface area (Å²) < 4.78 is 7.46. The fourth-order valence-corrected chi connectivity index (χ4v) is 3.32. The second-order valence-corrected chi connectivity index (χ2v) is 8.51. The van der Waals surface area contributed by atoms with Gasteiger partial charge in [-0.1, -0.05) is 49.7 Å². The molecule has 9 heteroatoms. The molecule has 1 N–H and O–H groups in total. The van der Waals surface area contributed by atoms with Crippen LogP contribution in [0.25, 0.3) is 17.1 Å².